The number of nitrogens with two attached hydrogens (primary N) is 1. The van der Waals surface area contributed by atoms with Gasteiger partial charge in [-0.3, -0.25) is 15.5 Å². The van der Waals surface area contributed by atoms with Gasteiger partial charge in [-0.2, -0.15) is 4.98 Å². The summed E-state index contributed by atoms with van der Waals surface area (Å²) in [5.41, 5.74) is 2.51. The summed E-state index contributed by atoms with van der Waals surface area (Å²) >= 11 is 0. The van der Waals surface area contributed by atoms with Crippen molar-refractivity contribution < 1.29 is 4.92 Å². The van der Waals surface area contributed by atoms with Crippen LogP contribution in [-0.2, 0) is 0 Å². The Morgan fingerprint density at radius 2 is 2.11 bits per heavy atom. The molecule has 8 nitrogen and oxygen atoms in total. The SMILES string of the molecule is Cc1nc(NN)nc(N(C)CC(C)C)c1[N+](=O)[O-]. The second-order valence-corrected chi connectivity index (χ2v) is 4.48. The number of aryl methyl sites for hydroxylation is 1. The van der Waals surface area contributed by atoms with Gasteiger partial charge in [0.25, 0.3) is 0 Å². The van der Waals surface area contributed by atoms with Crippen LogP contribution in [0.5, 0.6) is 0 Å². The fraction of sp³-hybridized carbons (Fsp3) is 0.600. The molecule has 0 amide bonds. The average molecular weight is 254 g/mol. The topological polar surface area (TPSA) is 110 Å². The lowest BCUT2D eigenvalue weighted by Gasteiger charge is -2.20. The standard InChI is InChI=1S/C10H18N6O2/c1-6(2)5-15(4)9-8(16(17)18)7(3)12-10(13-9)14-11/h6H,5,11H2,1-4H3,(H,12,13,14). The molecule has 100 valence electrons. The number of nitro groups is 1. The molecule has 1 aromatic heterocycles. The molecular weight excluding hydrogens is 236 g/mol. The van der Waals surface area contributed by atoms with Crippen LogP contribution in [0.25, 0.3) is 0 Å². The monoisotopic (exact) mass is 254 g/mol. The molecule has 0 fully saturated rings. The van der Waals surface area contributed by atoms with Crippen LogP contribution in [0, 0.1) is 23.0 Å². The van der Waals surface area contributed by atoms with E-state index in [1.807, 2.05) is 13.8 Å². The van der Waals surface area contributed by atoms with E-state index in [1.165, 1.54) is 0 Å². The van der Waals surface area contributed by atoms with Gasteiger partial charge in [0.1, 0.15) is 5.69 Å². The molecular formula is C10H18N6O2. The van der Waals surface area contributed by atoms with Gasteiger partial charge in [-0.15, -0.1) is 0 Å². The van der Waals surface area contributed by atoms with E-state index < -0.39 is 4.92 Å². The van der Waals surface area contributed by atoms with Crippen LogP contribution < -0.4 is 16.2 Å². The summed E-state index contributed by atoms with van der Waals surface area (Å²) in [5, 5.41) is 11.1. The fourth-order valence-electron chi connectivity index (χ4n) is 1.73. The predicted molar refractivity (Wildman–Crippen MR) is 69.3 cm³/mol. The summed E-state index contributed by atoms with van der Waals surface area (Å²) in [6.45, 7) is 6.27. The maximum absolute atomic E-state index is 11.1. The third-order valence-electron chi connectivity index (χ3n) is 2.35. The molecule has 0 spiro atoms. The highest BCUT2D eigenvalue weighted by atomic mass is 16.6. The Bertz CT molecular complexity index is 448. The maximum atomic E-state index is 11.1. The zero-order valence-corrected chi connectivity index (χ0v) is 11.0. The molecule has 1 heterocycles. The molecule has 3 N–H and O–H groups in total. The lowest BCUT2D eigenvalue weighted by Crippen LogP contribution is -2.26. The lowest BCUT2D eigenvalue weighted by atomic mass is 10.2. The minimum Gasteiger partial charge on any atom is -0.354 e. The number of hydrazine groups is 1. The van der Waals surface area contributed by atoms with Crippen LogP contribution in [0.15, 0.2) is 0 Å². The molecule has 0 aliphatic rings. The van der Waals surface area contributed by atoms with E-state index >= 15 is 0 Å². The summed E-state index contributed by atoms with van der Waals surface area (Å²) in [7, 11) is 1.76. The smallest absolute Gasteiger partial charge is 0.332 e. The molecule has 0 radical (unpaired) electrons. The van der Waals surface area contributed by atoms with Gasteiger partial charge in [0.05, 0.1) is 4.92 Å². The number of anilines is 2. The summed E-state index contributed by atoms with van der Waals surface area (Å²) in [4.78, 5) is 20.3. The van der Waals surface area contributed by atoms with Crippen molar-refractivity contribution in [1.82, 2.24) is 9.97 Å². The molecule has 0 atom stereocenters. The van der Waals surface area contributed by atoms with Gasteiger partial charge in [-0.1, -0.05) is 13.8 Å². The highest BCUT2D eigenvalue weighted by Gasteiger charge is 2.24. The van der Waals surface area contributed by atoms with Crippen LogP contribution in [0.4, 0.5) is 17.5 Å². The van der Waals surface area contributed by atoms with E-state index in [0.717, 1.165) is 0 Å². The second-order valence-electron chi connectivity index (χ2n) is 4.48. The Balaban J connectivity index is 3.29. The number of nitrogens with one attached hydrogen (secondary N) is 1. The van der Waals surface area contributed by atoms with Crippen molar-refractivity contribution in [2.24, 2.45) is 11.8 Å². The molecule has 0 saturated heterocycles. The number of hydrogen-bond acceptors (Lipinski definition) is 7. The molecule has 8 heteroatoms. The first-order valence-electron chi connectivity index (χ1n) is 5.57. The summed E-state index contributed by atoms with van der Waals surface area (Å²) in [5.74, 6) is 6.05. The van der Waals surface area contributed by atoms with Crippen molar-refractivity contribution in [3.63, 3.8) is 0 Å². The van der Waals surface area contributed by atoms with Gasteiger partial charge < -0.3 is 4.90 Å². The molecule has 0 aliphatic heterocycles. The summed E-state index contributed by atoms with van der Waals surface area (Å²) in [6, 6.07) is 0. The van der Waals surface area contributed by atoms with Crippen LogP contribution >= 0.6 is 0 Å². The number of nitrogens with zero attached hydrogens (tertiary/aromatic N) is 4. The van der Waals surface area contributed by atoms with Crippen LogP contribution in [0.3, 0.4) is 0 Å². The Kier molecular flexibility index (Phi) is 4.38. The van der Waals surface area contributed by atoms with E-state index in [4.69, 9.17) is 5.84 Å². The van der Waals surface area contributed by atoms with Gasteiger partial charge in [0.2, 0.25) is 11.8 Å². The zero-order valence-electron chi connectivity index (χ0n) is 11.0. The Morgan fingerprint density at radius 1 is 1.50 bits per heavy atom. The highest BCUT2D eigenvalue weighted by molar-refractivity contribution is 5.61. The molecule has 0 bridgehead atoms. The van der Waals surface area contributed by atoms with E-state index in [0.29, 0.717) is 12.5 Å². The molecule has 0 aliphatic carbocycles. The van der Waals surface area contributed by atoms with Gasteiger partial charge in [0, 0.05) is 13.6 Å². The van der Waals surface area contributed by atoms with Crippen molar-refractivity contribution in [2.75, 3.05) is 23.9 Å². The molecule has 18 heavy (non-hydrogen) atoms. The zero-order chi connectivity index (χ0) is 13.9. The number of aromatic nitrogens is 2. The Morgan fingerprint density at radius 3 is 2.56 bits per heavy atom. The normalized spacial score (nSPS) is 10.6. The first-order chi connectivity index (χ1) is 8.36. The van der Waals surface area contributed by atoms with E-state index in [9.17, 15) is 10.1 Å². The number of nitrogen functional groups attached to an aromatic ring is 1. The molecule has 0 aromatic carbocycles. The number of hydrogen-bond donors (Lipinski definition) is 2. The third-order valence-corrected chi connectivity index (χ3v) is 2.35. The largest absolute Gasteiger partial charge is 0.354 e. The lowest BCUT2D eigenvalue weighted by molar-refractivity contribution is -0.385. The maximum Gasteiger partial charge on any atom is 0.332 e. The van der Waals surface area contributed by atoms with Gasteiger partial charge in [0.15, 0.2) is 0 Å². The van der Waals surface area contributed by atoms with E-state index in [1.54, 1.807) is 18.9 Å². The van der Waals surface area contributed by atoms with Crippen molar-refractivity contribution in [3.05, 3.63) is 15.8 Å². The third kappa shape index (κ3) is 3.04. The first-order valence-corrected chi connectivity index (χ1v) is 5.57. The van der Waals surface area contributed by atoms with E-state index in [-0.39, 0.29) is 23.1 Å². The minimum absolute atomic E-state index is 0.0860. The minimum atomic E-state index is -0.470. The average Bonchev–Trinajstić information content (AvgIpc) is 2.26. The van der Waals surface area contributed by atoms with Gasteiger partial charge in [-0.25, -0.2) is 10.8 Å². The van der Waals surface area contributed by atoms with Gasteiger partial charge in [-0.05, 0) is 12.8 Å². The molecule has 1 rings (SSSR count). The van der Waals surface area contributed by atoms with Crippen molar-refractivity contribution in [1.29, 1.82) is 0 Å². The highest BCUT2D eigenvalue weighted by Crippen LogP contribution is 2.29. The van der Waals surface area contributed by atoms with Crippen LogP contribution in [-0.4, -0.2) is 28.5 Å². The molecule has 0 saturated carbocycles. The van der Waals surface area contributed by atoms with Crippen LogP contribution in [0.1, 0.15) is 19.5 Å². The summed E-state index contributed by atoms with van der Waals surface area (Å²) in [6.07, 6.45) is 0. The first kappa shape index (κ1) is 14.1. The molecule has 1 aromatic rings. The predicted octanol–water partition coefficient (Wildman–Crippen LogP) is 1.07. The van der Waals surface area contributed by atoms with Gasteiger partial charge >= 0.3 is 5.69 Å². The van der Waals surface area contributed by atoms with E-state index in [2.05, 4.69) is 15.4 Å². The number of rotatable bonds is 5. The Labute approximate surface area is 105 Å². The van der Waals surface area contributed by atoms with Crippen molar-refractivity contribution >= 4 is 17.5 Å². The quantitative estimate of drug-likeness (QED) is 0.459. The second kappa shape index (κ2) is 5.58. The van der Waals surface area contributed by atoms with Crippen LogP contribution in [0.2, 0.25) is 0 Å². The van der Waals surface area contributed by atoms with Crippen molar-refractivity contribution in [2.45, 2.75) is 20.8 Å². The molecule has 0 unspecified atom stereocenters. The summed E-state index contributed by atoms with van der Waals surface area (Å²) < 4.78 is 0. The fourth-order valence-corrected chi connectivity index (χ4v) is 1.73. The van der Waals surface area contributed by atoms with Crippen molar-refractivity contribution in [3.8, 4) is 0 Å². The Hall–Kier alpha value is -1.96.